The van der Waals surface area contributed by atoms with Gasteiger partial charge in [0, 0.05) is 12.5 Å². The first-order valence-electron chi connectivity index (χ1n) is 4.99. The summed E-state index contributed by atoms with van der Waals surface area (Å²) in [6, 6.07) is 2.01. The van der Waals surface area contributed by atoms with Crippen LogP contribution in [0.1, 0.15) is 38.5 Å². The van der Waals surface area contributed by atoms with Gasteiger partial charge >= 0.3 is 0 Å². The second kappa shape index (κ2) is 5.58. The van der Waals surface area contributed by atoms with Crippen LogP contribution >= 0.6 is 0 Å². The van der Waals surface area contributed by atoms with Crippen LogP contribution in [0, 0.1) is 17.2 Å². The van der Waals surface area contributed by atoms with Crippen LogP contribution in [0.2, 0.25) is 0 Å². The summed E-state index contributed by atoms with van der Waals surface area (Å²) in [6.45, 7) is 0.506. The Morgan fingerprint density at radius 2 is 2.08 bits per heavy atom. The van der Waals surface area contributed by atoms with Crippen molar-refractivity contribution in [3.8, 4) is 6.07 Å². The number of hydrogen-bond donors (Lipinski definition) is 1. The molecule has 1 saturated carbocycles. The molecule has 3 nitrogen and oxygen atoms in total. The average molecular weight is 180 g/mol. The maximum atomic E-state index is 11.5. The number of nitriles is 1. The van der Waals surface area contributed by atoms with Gasteiger partial charge in [0.2, 0.25) is 5.91 Å². The van der Waals surface area contributed by atoms with Crippen LogP contribution in [0.25, 0.3) is 0 Å². The fraction of sp³-hybridized carbons (Fsp3) is 0.800. The van der Waals surface area contributed by atoms with Gasteiger partial charge in [-0.3, -0.25) is 4.79 Å². The number of amides is 1. The Bertz CT molecular complexity index is 201. The lowest BCUT2D eigenvalue weighted by atomic mass is 9.89. The first-order chi connectivity index (χ1) is 6.34. The Balaban J connectivity index is 2.18. The van der Waals surface area contributed by atoms with Gasteiger partial charge in [0.15, 0.2) is 0 Å². The molecular formula is C10H16N2O. The molecule has 0 saturated heterocycles. The maximum absolute atomic E-state index is 11.5. The number of carbonyl (C=O) groups is 1. The van der Waals surface area contributed by atoms with E-state index in [0.717, 1.165) is 12.8 Å². The topological polar surface area (TPSA) is 52.9 Å². The SMILES string of the molecule is N#CCCNC(=O)C1CCCCC1. The summed E-state index contributed by atoms with van der Waals surface area (Å²) in [5.74, 6) is 0.363. The van der Waals surface area contributed by atoms with Crippen molar-refractivity contribution in [2.75, 3.05) is 6.54 Å². The lowest BCUT2D eigenvalue weighted by Crippen LogP contribution is -2.32. The van der Waals surface area contributed by atoms with Gasteiger partial charge in [-0.15, -0.1) is 0 Å². The molecule has 1 rings (SSSR count). The number of carbonyl (C=O) groups excluding carboxylic acids is 1. The molecule has 0 radical (unpaired) electrons. The fourth-order valence-electron chi connectivity index (χ4n) is 1.75. The minimum Gasteiger partial charge on any atom is -0.355 e. The predicted octanol–water partition coefficient (Wildman–Crippen LogP) is 1.60. The molecule has 1 aliphatic carbocycles. The summed E-state index contributed by atoms with van der Waals surface area (Å²) < 4.78 is 0. The molecule has 0 spiro atoms. The van der Waals surface area contributed by atoms with Crippen molar-refractivity contribution in [1.82, 2.24) is 5.32 Å². The van der Waals surface area contributed by atoms with Crippen molar-refractivity contribution in [3.63, 3.8) is 0 Å². The van der Waals surface area contributed by atoms with Gasteiger partial charge < -0.3 is 5.32 Å². The van der Waals surface area contributed by atoms with Crippen molar-refractivity contribution in [2.24, 2.45) is 5.92 Å². The van der Waals surface area contributed by atoms with E-state index in [1.165, 1.54) is 19.3 Å². The number of nitrogens with one attached hydrogen (secondary N) is 1. The summed E-state index contributed by atoms with van der Waals surface area (Å²) in [7, 11) is 0. The molecule has 3 heteroatoms. The summed E-state index contributed by atoms with van der Waals surface area (Å²) in [4.78, 5) is 11.5. The van der Waals surface area contributed by atoms with Gasteiger partial charge in [-0.2, -0.15) is 5.26 Å². The molecule has 13 heavy (non-hydrogen) atoms. The Morgan fingerprint density at radius 1 is 1.38 bits per heavy atom. The lowest BCUT2D eigenvalue weighted by molar-refractivity contribution is -0.125. The highest BCUT2D eigenvalue weighted by atomic mass is 16.1. The third kappa shape index (κ3) is 3.45. The van der Waals surface area contributed by atoms with Crippen molar-refractivity contribution in [1.29, 1.82) is 5.26 Å². The van der Waals surface area contributed by atoms with E-state index in [2.05, 4.69) is 5.32 Å². The lowest BCUT2D eigenvalue weighted by Gasteiger charge is -2.20. The Kier molecular flexibility index (Phi) is 4.31. The zero-order valence-electron chi connectivity index (χ0n) is 7.88. The molecule has 0 atom stereocenters. The predicted molar refractivity (Wildman–Crippen MR) is 49.8 cm³/mol. The van der Waals surface area contributed by atoms with Gasteiger partial charge in [-0.1, -0.05) is 19.3 Å². The second-order valence-corrected chi connectivity index (χ2v) is 3.53. The molecule has 1 amide bonds. The summed E-state index contributed by atoms with van der Waals surface area (Å²) >= 11 is 0. The van der Waals surface area contributed by atoms with E-state index >= 15 is 0 Å². The average Bonchev–Trinajstić information content (AvgIpc) is 2.19. The molecule has 1 fully saturated rings. The molecule has 0 aliphatic heterocycles. The fourth-order valence-corrected chi connectivity index (χ4v) is 1.75. The highest BCUT2D eigenvalue weighted by molar-refractivity contribution is 5.78. The van der Waals surface area contributed by atoms with Crippen LogP contribution in [0.3, 0.4) is 0 Å². The van der Waals surface area contributed by atoms with Crippen molar-refractivity contribution in [3.05, 3.63) is 0 Å². The minimum atomic E-state index is 0.148. The molecule has 0 aromatic rings. The zero-order chi connectivity index (χ0) is 9.52. The van der Waals surface area contributed by atoms with Crippen molar-refractivity contribution < 1.29 is 4.79 Å². The van der Waals surface area contributed by atoms with Gasteiger partial charge in [-0.25, -0.2) is 0 Å². The molecule has 0 unspecified atom stereocenters. The van der Waals surface area contributed by atoms with E-state index in [-0.39, 0.29) is 11.8 Å². The highest BCUT2D eigenvalue weighted by Gasteiger charge is 2.20. The van der Waals surface area contributed by atoms with Crippen molar-refractivity contribution >= 4 is 5.91 Å². The standard InChI is InChI=1S/C10H16N2O/c11-7-4-8-12-10(13)9-5-2-1-3-6-9/h9H,1-6,8H2,(H,12,13). The van der Waals surface area contributed by atoms with E-state index in [4.69, 9.17) is 5.26 Å². The zero-order valence-corrected chi connectivity index (χ0v) is 7.88. The number of rotatable bonds is 3. The van der Waals surface area contributed by atoms with Crippen LogP contribution in [0.4, 0.5) is 0 Å². The first-order valence-corrected chi connectivity index (χ1v) is 4.99. The molecule has 0 bridgehead atoms. The second-order valence-electron chi connectivity index (χ2n) is 3.53. The van der Waals surface area contributed by atoms with E-state index in [1.54, 1.807) is 0 Å². The van der Waals surface area contributed by atoms with Gasteiger partial charge in [-0.05, 0) is 12.8 Å². The Hall–Kier alpha value is -1.04. The van der Waals surface area contributed by atoms with Gasteiger partial charge in [0.25, 0.3) is 0 Å². The van der Waals surface area contributed by atoms with Gasteiger partial charge in [0.1, 0.15) is 0 Å². The first kappa shape index (κ1) is 10.0. The summed E-state index contributed by atoms with van der Waals surface area (Å²) in [5.41, 5.74) is 0. The molecule has 1 aliphatic rings. The molecule has 0 aromatic heterocycles. The minimum absolute atomic E-state index is 0.148. The smallest absolute Gasteiger partial charge is 0.223 e. The maximum Gasteiger partial charge on any atom is 0.223 e. The van der Waals surface area contributed by atoms with E-state index < -0.39 is 0 Å². The third-order valence-corrected chi connectivity index (χ3v) is 2.51. The molecule has 0 aromatic carbocycles. The number of nitrogens with zero attached hydrogens (tertiary/aromatic N) is 1. The quantitative estimate of drug-likeness (QED) is 0.671. The molecule has 72 valence electrons. The Labute approximate surface area is 79.1 Å². The molecule has 0 heterocycles. The molecule has 1 N–H and O–H groups in total. The summed E-state index contributed by atoms with van der Waals surface area (Å²) in [5, 5.41) is 11.1. The van der Waals surface area contributed by atoms with Gasteiger partial charge in [0.05, 0.1) is 12.5 Å². The highest BCUT2D eigenvalue weighted by Crippen LogP contribution is 2.23. The third-order valence-electron chi connectivity index (χ3n) is 2.51. The van der Waals surface area contributed by atoms with Crippen LogP contribution in [-0.4, -0.2) is 12.5 Å². The largest absolute Gasteiger partial charge is 0.355 e. The normalized spacial score (nSPS) is 17.8. The van der Waals surface area contributed by atoms with E-state index in [0.29, 0.717) is 13.0 Å². The van der Waals surface area contributed by atoms with Crippen LogP contribution in [0.15, 0.2) is 0 Å². The number of hydrogen-bond acceptors (Lipinski definition) is 2. The van der Waals surface area contributed by atoms with E-state index in [9.17, 15) is 4.79 Å². The van der Waals surface area contributed by atoms with Crippen molar-refractivity contribution in [2.45, 2.75) is 38.5 Å². The van der Waals surface area contributed by atoms with Crippen LogP contribution < -0.4 is 5.32 Å². The van der Waals surface area contributed by atoms with Crippen LogP contribution in [0.5, 0.6) is 0 Å². The Morgan fingerprint density at radius 3 is 2.69 bits per heavy atom. The van der Waals surface area contributed by atoms with E-state index in [1.807, 2.05) is 6.07 Å². The monoisotopic (exact) mass is 180 g/mol. The molecular weight excluding hydrogens is 164 g/mol. The van der Waals surface area contributed by atoms with Crippen LogP contribution in [-0.2, 0) is 4.79 Å². The summed E-state index contributed by atoms with van der Waals surface area (Å²) in [6.07, 6.45) is 6.09.